The van der Waals surface area contributed by atoms with Crippen LogP contribution in [0.15, 0.2) is 24.3 Å². The third-order valence-electron chi connectivity index (χ3n) is 3.53. The van der Waals surface area contributed by atoms with Crippen molar-refractivity contribution in [3.8, 4) is 5.75 Å². The Morgan fingerprint density at radius 1 is 1.50 bits per heavy atom. The summed E-state index contributed by atoms with van der Waals surface area (Å²) in [5.41, 5.74) is 0.515. The van der Waals surface area contributed by atoms with Crippen LogP contribution in [0.4, 0.5) is 0 Å². The average molecular weight is 248 g/mol. The number of carbonyl (C=O) groups is 1. The summed E-state index contributed by atoms with van der Waals surface area (Å²) >= 11 is 0. The van der Waals surface area contributed by atoms with Crippen LogP contribution < -0.4 is 5.32 Å². The molecule has 1 heterocycles. The van der Waals surface area contributed by atoms with E-state index in [1.807, 2.05) is 0 Å². The molecule has 1 aromatic rings. The van der Waals surface area contributed by atoms with Gasteiger partial charge in [-0.2, -0.15) is 0 Å². The van der Waals surface area contributed by atoms with E-state index in [4.69, 9.17) is 0 Å². The van der Waals surface area contributed by atoms with Gasteiger partial charge in [0.15, 0.2) is 0 Å². The Balaban J connectivity index is 1.99. The van der Waals surface area contributed by atoms with Gasteiger partial charge in [-0.15, -0.1) is 0 Å². The average Bonchev–Trinajstić information content (AvgIpc) is 2.32. The van der Waals surface area contributed by atoms with Crippen LogP contribution in [-0.2, 0) is 0 Å². The Morgan fingerprint density at radius 2 is 2.28 bits per heavy atom. The fraction of sp³-hybridized carbons (Fsp3) is 0.500. The molecule has 1 amide bonds. The van der Waals surface area contributed by atoms with Crippen molar-refractivity contribution in [3.05, 3.63) is 29.8 Å². The highest BCUT2D eigenvalue weighted by molar-refractivity contribution is 5.94. The van der Waals surface area contributed by atoms with Crippen LogP contribution in [0.2, 0.25) is 0 Å². The van der Waals surface area contributed by atoms with Crippen molar-refractivity contribution >= 4 is 5.91 Å². The molecule has 1 fully saturated rings. The van der Waals surface area contributed by atoms with Gasteiger partial charge in [0.1, 0.15) is 5.75 Å². The molecule has 0 aliphatic carbocycles. The van der Waals surface area contributed by atoms with E-state index in [1.165, 1.54) is 6.07 Å². The Labute approximate surface area is 108 Å². The number of hydrogen-bond donors (Lipinski definition) is 2. The number of rotatable bonds is 2. The van der Waals surface area contributed by atoms with Crippen LogP contribution >= 0.6 is 0 Å². The predicted molar refractivity (Wildman–Crippen MR) is 70.6 cm³/mol. The molecule has 2 N–H and O–H groups in total. The van der Waals surface area contributed by atoms with E-state index in [1.54, 1.807) is 18.2 Å². The number of carbonyl (C=O) groups excluding carboxylic acids is 1. The van der Waals surface area contributed by atoms with Crippen molar-refractivity contribution in [2.45, 2.75) is 19.4 Å². The van der Waals surface area contributed by atoms with Crippen LogP contribution in [0.5, 0.6) is 5.75 Å². The lowest BCUT2D eigenvalue weighted by Crippen LogP contribution is -2.48. The number of aromatic hydroxyl groups is 1. The minimum absolute atomic E-state index is 0.104. The number of nitrogens with one attached hydrogen (secondary N) is 1. The molecular weight excluding hydrogens is 228 g/mol. The molecule has 2 atom stereocenters. The maximum atomic E-state index is 12.1. The van der Waals surface area contributed by atoms with Crippen molar-refractivity contribution in [3.63, 3.8) is 0 Å². The fourth-order valence-electron chi connectivity index (χ4n) is 2.47. The molecular formula is C14H20N2O2. The number of benzene rings is 1. The molecule has 1 aliphatic heterocycles. The molecule has 98 valence electrons. The smallest absolute Gasteiger partial charge is 0.251 e. The normalized spacial score (nSPS) is 24.8. The standard InChI is InChI=1S/C14H20N2O2/c1-10-9-16(2)7-6-13(10)15-14(18)11-4-3-5-12(17)8-11/h3-5,8,10,13,17H,6-7,9H2,1-2H3,(H,15,18). The molecule has 2 unspecified atom stereocenters. The van der Waals surface area contributed by atoms with Crippen molar-refractivity contribution in [2.75, 3.05) is 20.1 Å². The maximum absolute atomic E-state index is 12.1. The highest BCUT2D eigenvalue weighted by Crippen LogP contribution is 2.17. The molecule has 4 nitrogen and oxygen atoms in total. The molecule has 4 heteroatoms. The van der Waals surface area contributed by atoms with E-state index >= 15 is 0 Å². The molecule has 0 bridgehead atoms. The SMILES string of the molecule is CC1CN(C)CCC1NC(=O)c1cccc(O)c1. The van der Waals surface area contributed by atoms with Crippen molar-refractivity contribution in [2.24, 2.45) is 5.92 Å². The second-order valence-corrected chi connectivity index (χ2v) is 5.16. The van der Waals surface area contributed by atoms with E-state index < -0.39 is 0 Å². The van der Waals surface area contributed by atoms with Crippen molar-refractivity contribution < 1.29 is 9.90 Å². The lowest BCUT2D eigenvalue weighted by Gasteiger charge is -2.35. The van der Waals surface area contributed by atoms with Crippen LogP contribution in [0.3, 0.4) is 0 Å². The lowest BCUT2D eigenvalue weighted by atomic mass is 9.94. The largest absolute Gasteiger partial charge is 0.508 e. The highest BCUT2D eigenvalue weighted by atomic mass is 16.3. The quantitative estimate of drug-likeness (QED) is 0.833. The first-order chi connectivity index (χ1) is 8.56. The number of likely N-dealkylation sites (tertiary alicyclic amines) is 1. The molecule has 1 saturated heterocycles. The van der Waals surface area contributed by atoms with Gasteiger partial charge in [-0.1, -0.05) is 13.0 Å². The Kier molecular flexibility index (Phi) is 3.87. The Morgan fingerprint density at radius 3 is 2.94 bits per heavy atom. The lowest BCUT2D eigenvalue weighted by molar-refractivity contribution is 0.0883. The Hall–Kier alpha value is -1.55. The molecule has 18 heavy (non-hydrogen) atoms. The minimum Gasteiger partial charge on any atom is -0.508 e. The van der Waals surface area contributed by atoms with Crippen LogP contribution in [-0.4, -0.2) is 42.1 Å². The minimum atomic E-state index is -0.104. The molecule has 2 rings (SSSR count). The zero-order valence-corrected chi connectivity index (χ0v) is 10.9. The van der Waals surface area contributed by atoms with Gasteiger partial charge in [0.25, 0.3) is 5.91 Å². The monoisotopic (exact) mass is 248 g/mol. The van der Waals surface area contributed by atoms with E-state index in [2.05, 4.69) is 24.2 Å². The summed E-state index contributed by atoms with van der Waals surface area (Å²) in [6, 6.07) is 6.68. The van der Waals surface area contributed by atoms with E-state index in [9.17, 15) is 9.90 Å². The third kappa shape index (κ3) is 3.01. The zero-order valence-electron chi connectivity index (χ0n) is 10.9. The van der Waals surface area contributed by atoms with Crippen LogP contribution in [0.1, 0.15) is 23.7 Å². The highest BCUT2D eigenvalue weighted by Gasteiger charge is 2.25. The van der Waals surface area contributed by atoms with E-state index in [0.717, 1.165) is 19.5 Å². The first-order valence-electron chi connectivity index (χ1n) is 6.34. The van der Waals surface area contributed by atoms with Crippen molar-refractivity contribution in [1.82, 2.24) is 10.2 Å². The van der Waals surface area contributed by atoms with E-state index in [0.29, 0.717) is 11.5 Å². The number of amides is 1. The van der Waals surface area contributed by atoms with Gasteiger partial charge >= 0.3 is 0 Å². The zero-order chi connectivity index (χ0) is 13.1. The number of nitrogens with zero attached hydrogens (tertiary/aromatic N) is 1. The summed E-state index contributed by atoms with van der Waals surface area (Å²) in [6.07, 6.45) is 0.974. The first kappa shape index (κ1) is 12.9. The number of piperidine rings is 1. The number of hydrogen-bond acceptors (Lipinski definition) is 3. The summed E-state index contributed by atoms with van der Waals surface area (Å²) < 4.78 is 0. The molecule has 0 radical (unpaired) electrons. The molecule has 0 aromatic heterocycles. The summed E-state index contributed by atoms with van der Waals surface area (Å²) in [5.74, 6) is 0.469. The van der Waals surface area contributed by atoms with Gasteiger partial charge < -0.3 is 15.3 Å². The topological polar surface area (TPSA) is 52.6 Å². The summed E-state index contributed by atoms with van der Waals surface area (Å²) in [4.78, 5) is 14.3. The molecule has 1 aliphatic rings. The first-order valence-corrected chi connectivity index (χ1v) is 6.34. The predicted octanol–water partition coefficient (Wildman–Crippen LogP) is 1.46. The fourth-order valence-corrected chi connectivity index (χ4v) is 2.47. The van der Waals surface area contributed by atoms with Gasteiger partial charge in [0, 0.05) is 18.2 Å². The number of phenolic OH excluding ortho intramolecular Hbond substituents is 1. The van der Waals surface area contributed by atoms with E-state index in [-0.39, 0.29) is 17.7 Å². The number of phenols is 1. The van der Waals surface area contributed by atoms with Gasteiger partial charge in [-0.25, -0.2) is 0 Å². The van der Waals surface area contributed by atoms with Crippen LogP contribution in [0.25, 0.3) is 0 Å². The van der Waals surface area contributed by atoms with Crippen molar-refractivity contribution in [1.29, 1.82) is 0 Å². The van der Waals surface area contributed by atoms with Gasteiger partial charge in [-0.05, 0) is 44.1 Å². The van der Waals surface area contributed by atoms with Crippen LogP contribution in [0, 0.1) is 5.92 Å². The van der Waals surface area contributed by atoms with Gasteiger partial charge in [0.05, 0.1) is 0 Å². The second-order valence-electron chi connectivity index (χ2n) is 5.16. The summed E-state index contributed by atoms with van der Waals surface area (Å²) in [6.45, 7) is 4.17. The second kappa shape index (κ2) is 5.40. The molecule has 0 spiro atoms. The maximum Gasteiger partial charge on any atom is 0.251 e. The Bertz CT molecular complexity index is 434. The molecule has 0 saturated carbocycles. The van der Waals surface area contributed by atoms with Gasteiger partial charge in [0.2, 0.25) is 0 Å². The van der Waals surface area contributed by atoms with Gasteiger partial charge in [-0.3, -0.25) is 4.79 Å². The summed E-state index contributed by atoms with van der Waals surface area (Å²) in [7, 11) is 2.10. The molecule has 1 aromatic carbocycles. The summed E-state index contributed by atoms with van der Waals surface area (Å²) in [5, 5.41) is 12.4. The third-order valence-corrected chi connectivity index (χ3v) is 3.53.